The summed E-state index contributed by atoms with van der Waals surface area (Å²) in [6, 6.07) is 6.16. The number of hydrogen-bond donors (Lipinski definition) is 1. The van der Waals surface area contributed by atoms with Gasteiger partial charge in [-0.1, -0.05) is 0 Å². The van der Waals surface area contributed by atoms with Crippen molar-refractivity contribution in [3.05, 3.63) is 46.4 Å². The fourth-order valence-corrected chi connectivity index (χ4v) is 1.92. The minimum atomic E-state index is -0.789. The summed E-state index contributed by atoms with van der Waals surface area (Å²) in [6.45, 7) is 0. The molecule has 0 aliphatic carbocycles. The van der Waals surface area contributed by atoms with Crippen molar-refractivity contribution in [1.29, 1.82) is 0 Å². The monoisotopic (exact) mass is 329 g/mol. The predicted octanol–water partition coefficient (Wildman–Crippen LogP) is 4.11. The molecule has 0 atom stereocenters. The highest BCUT2D eigenvalue weighted by molar-refractivity contribution is 9.10. The molecule has 0 bridgehead atoms. The van der Waals surface area contributed by atoms with Crippen LogP contribution < -0.4 is 15.2 Å². The van der Waals surface area contributed by atoms with Crippen molar-refractivity contribution in [1.82, 2.24) is 0 Å². The number of halogens is 3. The van der Waals surface area contributed by atoms with Crippen molar-refractivity contribution in [3.63, 3.8) is 0 Å². The van der Waals surface area contributed by atoms with Crippen LogP contribution in [-0.4, -0.2) is 7.11 Å². The average molecular weight is 330 g/mol. The Labute approximate surface area is 117 Å². The molecule has 0 saturated heterocycles. The fraction of sp³-hybridized carbons (Fsp3) is 0.0769. The van der Waals surface area contributed by atoms with E-state index in [4.69, 9.17) is 15.2 Å². The summed E-state index contributed by atoms with van der Waals surface area (Å²) in [5, 5.41) is 0. The summed E-state index contributed by atoms with van der Waals surface area (Å²) in [5.41, 5.74) is 6.13. The van der Waals surface area contributed by atoms with Crippen molar-refractivity contribution in [2.45, 2.75) is 0 Å². The van der Waals surface area contributed by atoms with E-state index in [-0.39, 0.29) is 5.75 Å². The quantitative estimate of drug-likeness (QED) is 0.862. The van der Waals surface area contributed by atoms with Crippen molar-refractivity contribution in [3.8, 4) is 17.2 Å². The Morgan fingerprint density at radius 3 is 2.42 bits per heavy atom. The van der Waals surface area contributed by atoms with Gasteiger partial charge in [0.25, 0.3) is 0 Å². The van der Waals surface area contributed by atoms with Gasteiger partial charge < -0.3 is 15.2 Å². The van der Waals surface area contributed by atoms with Gasteiger partial charge >= 0.3 is 0 Å². The largest absolute Gasteiger partial charge is 0.494 e. The number of nitrogens with two attached hydrogens (primary N) is 1. The molecule has 2 rings (SSSR count). The molecule has 0 amide bonds. The van der Waals surface area contributed by atoms with E-state index in [9.17, 15) is 8.78 Å². The number of rotatable bonds is 3. The zero-order valence-electron chi connectivity index (χ0n) is 9.91. The van der Waals surface area contributed by atoms with E-state index in [2.05, 4.69) is 15.9 Å². The Kier molecular flexibility index (Phi) is 3.90. The van der Waals surface area contributed by atoms with Gasteiger partial charge in [-0.05, 0) is 34.1 Å². The van der Waals surface area contributed by atoms with E-state index in [0.717, 1.165) is 12.1 Å². The number of nitrogen functional groups attached to an aromatic ring is 1. The summed E-state index contributed by atoms with van der Waals surface area (Å²) in [4.78, 5) is 0. The Hall–Kier alpha value is -1.82. The summed E-state index contributed by atoms with van der Waals surface area (Å²) >= 11 is 3.25. The lowest BCUT2D eigenvalue weighted by atomic mass is 10.2. The molecule has 0 saturated carbocycles. The van der Waals surface area contributed by atoms with Gasteiger partial charge in [-0.3, -0.25) is 0 Å². The van der Waals surface area contributed by atoms with Crippen molar-refractivity contribution in [2.24, 2.45) is 0 Å². The molecule has 2 aromatic rings. The van der Waals surface area contributed by atoms with E-state index in [0.29, 0.717) is 21.7 Å². The molecular weight excluding hydrogens is 320 g/mol. The third-order valence-electron chi connectivity index (χ3n) is 2.40. The van der Waals surface area contributed by atoms with E-state index >= 15 is 0 Å². The van der Waals surface area contributed by atoms with Gasteiger partial charge in [0, 0.05) is 12.1 Å². The first-order valence-corrected chi connectivity index (χ1v) is 6.06. The zero-order valence-corrected chi connectivity index (χ0v) is 11.5. The van der Waals surface area contributed by atoms with Gasteiger partial charge in [0.1, 0.15) is 17.3 Å². The summed E-state index contributed by atoms with van der Waals surface area (Å²) in [7, 11) is 1.46. The van der Waals surface area contributed by atoms with Crippen LogP contribution in [-0.2, 0) is 0 Å². The topological polar surface area (TPSA) is 44.5 Å². The SMILES string of the molecule is COc1cc(Oc2ccc(F)cc2F)c(Br)cc1N. The van der Waals surface area contributed by atoms with Crippen LogP contribution in [0.15, 0.2) is 34.8 Å². The number of methoxy groups -OCH3 is 1. The Morgan fingerprint density at radius 1 is 1.05 bits per heavy atom. The van der Waals surface area contributed by atoms with Crippen LogP contribution in [0.5, 0.6) is 17.2 Å². The second kappa shape index (κ2) is 5.44. The predicted molar refractivity (Wildman–Crippen MR) is 71.5 cm³/mol. The Morgan fingerprint density at radius 2 is 1.79 bits per heavy atom. The molecule has 6 heteroatoms. The molecule has 0 unspecified atom stereocenters. The number of anilines is 1. The third-order valence-corrected chi connectivity index (χ3v) is 3.02. The Balaban J connectivity index is 2.37. The highest BCUT2D eigenvalue weighted by Gasteiger charge is 2.11. The van der Waals surface area contributed by atoms with Crippen LogP contribution >= 0.6 is 15.9 Å². The molecule has 0 aliphatic rings. The van der Waals surface area contributed by atoms with Crippen LogP contribution in [0.25, 0.3) is 0 Å². The molecule has 2 aromatic carbocycles. The van der Waals surface area contributed by atoms with Gasteiger partial charge in [-0.15, -0.1) is 0 Å². The van der Waals surface area contributed by atoms with E-state index in [1.807, 2.05) is 0 Å². The van der Waals surface area contributed by atoms with Gasteiger partial charge in [0.15, 0.2) is 11.6 Å². The average Bonchev–Trinajstić information content (AvgIpc) is 2.35. The summed E-state index contributed by atoms with van der Waals surface area (Å²) in [5.74, 6) is -0.826. The van der Waals surface area contributed by atoms with Crippen LogP contribution in [0.3, 0.4) is 0 Å². The lowest BCUT2D eigenvalue weighted by Crippen LogP contribution is -1.95. The maximum Gasteiger partial charge on any atom is 0.168 e. The van der Waals surface area contributed by atoms with E-state index in [1.165, 1.54) is 19.2 Å². The highest BCUT2D eigenvalue weighted by atomic mass is 79.9. The lowest BCUT2D eigenvalue weighted by Gasteiger charge is -2.12. The van der Waals surface area contributed by atoms with Crippen LogP contribution in [0.4, 0.5) is 14.5 Å². The molecule has 0 radical (unpaired) electrons. The van der Waals surface area contributed by atoms with Gasteiger partial charge in [-0.2, -0.15) is 0 Å². The van der Waals surface area contributed by atoms with E-state index in [1.54, 1.807) is 6.07 Å². The number of hydrogen-bond acceptors (Lipinski definition) is 3. The standard InChI is InChI=1S/C13H10BrF2NO2/c1-18-13-6-12(8(14)5-10(13)17)19-11-3-2-7(15)4-9(11)16/h2-6H,17H2,1H3. The second-order valence-electron chi connectivity index (χ2n) is 3.70. The molecule has 2 N–H and O–H groups in total. The third kappa shape index (κ3) is 2.96. The van der Waals surface area contributed by atoms with Crippen LogP contribution in [0, 0.1) is 11.6 Å². The maximum atomic E-state index is 13.5. The first-order valence-electron chi connectivity index (χ1n) is 5.27. The minimum Gasteiger partial charge on any atom is -0.494 e. The smallest absolute Gasteiger partial charge is 0.168 e. The van der Waals surface area contributed by atoms with Crippen LogP contribution in [0.2, 0.25) is 0 Å². The highest BCUT2D eigenvalue weighted by Crippen LogP contribution is 2.37. The van der Waals surface area contributed by atoms with Crippen molar-refractivity contribution >= 4 is 21.6 Å². The fourth-order valence-electron chi connectivity index (χ4n) is 1.48. The first-order chi connectivity index (χ1) is 9.01. The van der Waals surface area contributed by atoms with E-state index < -0.39 is 11.6 Å². The molecule has 0 aromatic heterocycles. The summed E-state index contributed by atoms with van der Waals surface area (Å²) < 4.78 is 37.2. The molecule has 0 heterocycles. The van der Waals surface area contributed by atoms with Gasteiger partial charge in [-0.25, -0.2) is 8.78 Å². The molecule has 100 valence electrons. The number of ether oxygens (including phenoxy) is 2. The molecule has 3 nitrogen and oxygen atoms in total. The van der Waals surface area contributed by atoms with Gasteiger partial charge in [0.2, 0.25) is 0 Å². The molecule has 0 fully saturated rings. The molecular formula is C13H10BrF2NO2. The zero-order chi connectivity index (χ0) is 14.0. The lowest BCUT2D eigenvalue weighted by molar-refractivity contribution is 0.405. The normalized spacial score (nSPS) is 10.3. The van der Waals surface area contributed by atoms with Crippen molar-refractivity contribution in [2.75, 3.05) is 12.8 Å². The van der Waals surface area contributed by atoms with Gasteiger partial charge in [0.05, 0.1) is 17.3 Å². The van der Waals surface area contributed by atoms with Crippen LogP contribution in [0.1, 0.15) is 0 Å². The Bertz CT molecular complexity index is 620. The van der Waals surface area contributed by atoms with Crippen molar-refractivity contribution < 1.29 is 18.3 Å². The molecule has 0 aliphatic heterocycles. The minimum absolute atomic E-state index is 0.0890. The number of benzene rings is 2. The molecule has 19 heavy (non-hydrogen) atoms. The molecule has 0 spiro atoms. The first kappa shape index (κ1) is 13.6. The second-order valence-corrected chi connectivity index (χ2v) is 4.56. The summed E-state index contributed by atoms with van der Waals surface area (Å²) in [6.07, 6.45) is 0. The maximum absolute atomic E-state index is 13.5.